The lowest BCUT2D eigenvalue weighted by Gasteiger charge is -2.23. The Balaban J connectivity index is 2.27. The van der Waals surface area contributed by atoms with E-state index in [0.717, 1.165) is 49.3 Å². The second-order valence-electron chi connectivity index (χ2n) is 6.13. The van der Waals surface area contributed by atoms with Crippen molar-refractivity contribution in [3.05, 3.63) is 35.7 Å². The first-order chi connectivity index (χ1) is 12.0. The summed E-state index contributed by atoms with van der Waals surface area (Å²) in [7, 11) is 0. The first-order valence-corrected chi connectivity index (χ1v) is 9.25. The molecule has 1 aromatic heterocycles. The Morgan fingerprint density at radius 2 is 1.48 bits per heavy atom. The van der Waals surface area contributed by atoms with Crippen LogP contribution in [0.5, 0.6) is 0 Å². The molecule has 0 radical (unpaired) electrons. The Morgan fingerprint density at radius 3 is 2.04 bits per heavy atom. The molecule has 0 saturated carbocycles. The van der Waals surface area contributed by atoms with Gasteiger partial charge >= 0.3 is 0 Å². The van der Waals surface area contributed by atoms with Crippen LogP contribution in [-0.2, 0) is 0 Å². The Hall–Kier alpha value is -2.30. The second kappa shape index (κ2) is 8.70. The molecule has 1 aromatic carbocycles. The van der Waals surface area contributed by atoms with Crippen molar-refractivity contribution >= 4 is 23.0 Å². The standard InChI is InChI=1S/C20H31N5/c1-7-24(8-2)17-11-12-18(15(5)13-17)23-19-14-20(22-16(6)21-19)25(9-3)10-4/h11-14H,7-10H2,1-6H3,(H,21,22,23). The topological polar surface area (TPSA) is 44.3 Å². The summed E-state index contributed by atoms with van der Waals surface area (Å²) in [6, 6.07) is 8.56. The maximum Gasteiger partial charge on any atom is 0.136 e. The Labute approximate surface area is 152 Å². The summed E-state index contributed by atoms with van der Waals surface area (Å²) in [6.45, 7) is 16.6. The van der Waals surface area contributed by atoms with Crippen LogP contribution < -0.4 is 15.1 Å². The monoisotopic (exact) mass is 341 g/mol. The zero-order valence-electron chi connectivity index (χ0n) is 16.4. The average molecular weight is 342 g/mol. The molecule has 0 fully saturated rings. The maximum atomic E-state index is 4.57. The Morgan fingerprint density at radius 1 is 0.840 bits per heavy atom. The predicted octanol–water partition coefficient (Wildman–Crippen LogP) is 4.53. The number of nitrogens with one attached hydrogen (secondary N) is 1. The van der Waals surface area contributed by atoms with Crippen molar-refractivity contribution in [2.75, 3.05) is 41.3 Å². The van der Waals surface area contributed by atoms with Gasteiger partial charge in [-0.15, -0.1) is 0 Å². The van der Waals surface area contributed by atoms with Crippen LogP contribution in [0.2, 0.25) is 0 Å². The number of hydrogen-bond donors (Lipinski definition) is 1. The molecular formula is C20H31N5. The van der Waals surface area contributed by atoms with E-state index < -0.39 is 0 Å². The van der Waals surface area contributed by atoms with E-state index >= 15 is 0 Å². The highest BCUT2D eigenvalue weighted by Crippen LogP contribution is 2.26. The number of hydrogen-bond acceptors (Lipinski definition) is 5. The van der Waals surface area contributed by atoms with Crippen LogP contribution in [0.25, 0.3) is 0 Å². The predicted molar refractivity (Wildman–Crippen MR) is 108 cm³/mol. The number of benzene rings is 1. The van der Waals surface area contributed by atoms with Crippen molar-refractivity contribution in [1.29, 1.82) is 0 Å². The van der Waals surface area contributed by atoms with Gasteiger partial charge in [0.25, 0.3) is 0 Å². The lowest BCUT2D eigenvalue weighted by Crippen LogP contribution is -2.23. The first-order valence-electron chi connectivity index (χ1n) is 9.25. The molecule has 25 heavy (non-hydrogen) atoms. The van der Waals surface area contributed by atoms with Gasteiger partial charge in [-0.2, -0.15) is 0 Å². The third-order valence-corrected chi connectivity index (χ3v) is 4.51. The summed E-state index contributed by atoms with van der Waals surface area (Å²) in [4.78, 5) is 13.7. The Kier molecular flexibility index (Phi) is 6.62. The van der Waals surface area contributed by atoms with Crippen molar-refractivity contribution in [1.82, 2.24) is 9.97 Å². The van der Waals surface area contributed by atoms with Crippen molar-refractivity contribution in [2.45, 2.75) is 41.5 Å². The molecule has 136 valence electrons. The SMILES string of the molecule is CCN(CC)c1ccc(Nc2cc(N(CC)CC)nc(C)n2)c(C)c1. The second-order valence-corrected chi connectivity index (χ2v) is 6.13. The molecule has 5 nitrogen and oxygen atoms in total. The van der Waals surface area contributed by atoms with Gasteiger partial charge in [0.15, 0.2) is 0 Å². The van der Waals surface area contributed by atoms with Gasteiger partial charge < -0.3 is 15.1 Å². The van der Waals surface area contributed by atoms with Crippen LogP contribution in [-0.4, -0.2) is 36.1 Å². The van der Waals surface area contributed by atoms with Gasteiger partial charge in [0, 0.05) is 43.6 Å². The normalized spacial score (nSPS) is 10.6. The van der Waals surface area contributed by atoms with Crippen molar-refractivity contribution < 1.29 is 0 Å². The van der Waals surface area contributed by atoms with E-state index in [1.54, 1.807) is 0 Å². The van der Waals surface area contributed by atoms with Gasteiger partial charge in [0.1, 0.15) is 17.5 Å². The number of nitrogens with zero attached hydrogens (tertiary/aromatic N) is 4. The van der Waals surface area contributed by atoms with Gasteiger partial charge in [-0.1, -0.05) is 0 Å². The van der Waals surface area contributed by atoms with Crippen LogP contribution in [0, 0.1) is 13.8 Å². The van der Waals surface area contributed by atoms with Gasteiger partial charge in [0.2, 0.25) is 0 Å². The number of aromatic nitrogens is 2. The van der Waals surface area contributed by atoms with Crippen LogP contribution in [0.1, 0.15) is 39.1 Å². The van der Waals surface area contributed by atoms with Crippen LogP contribution in [0.3, 0.4) is 0 Å². The van der Waals surface area contributed by atoms with E-state index in [1.807, 2.05) is 13.0 Å². The molecule has 2 aromatic rings. The third kappa shape index (κ3) is 4.62. The Bertz CT molecular complexity index is 690. The van der Waals surface area contributed by atoms with Crippen LogP contribution >= 0.6 is 0 Å². The van der Waals surface area contributed by atoms with Gasteiger partial charge in [-0.3, -0.25) is 0 Å². The fraction of sp³-hybridized carbons (Fsp3) is 0.500. The van der Waals surface area contributed by atoms with Crippen molar-refractivity contribution in [3.63, 3.8) is 0 Å². The smallest absolute Gasteiger partial charge is 0.136 e. The number of aryl methyl sites for hydroxylation is 2. The highest BCUT2D eigenvalue weighted by molar-refractivity contribution is 5.66. The summed E-state index contributed by atoms with van der Waals surface area (Å²) < 4.78 is 0. The van der Waals surface area contributed by atoms with Gasteiger partial charge in [0.05, 0.1) is 0 Å². The minimum atomic E-state index is 0.782. The summed E-state index contributed by atoms with van der Waals surface area (Å²) in [5.41, 5.74) is 3.56. The van der Waals surface area contributed by atoms with E-state index in [9.17, 15) is 0 Å². The lowest BCUT2D eigenvalue weighted by molar-refractivity contribution is 0.835. The molecule has 0 atom stereocenters. The molecule has 1 N–H and O–H groups in total. The van der Waals surface area contributed by atoms with E-state index in [1.165, 1.54) is 11.3 Å². The summed E-state index contributed by atoms with van der Waals surface area (Å²) in [5.74, 6) is 2.59. The molecule has 5 heteroatoms. The zero-order chi connectivity index (χ0) is 18.4. The molecular weight excluding hydrogens is 310 g/mol. The number of rotatable bonds is 8. The fourth-order valence-electron chi connectivity index (χ4n) is 3.04. The van der Waals surface area contributed by atoms with E-state index in [0.29, 0.717) is 0 Å². The molecule has 0 amide bonds. The molecule has 0 bridgehead atoms. The molecule has 2 rings (SSSR count). The highest BCUT2D eigenvalue weighted by Gasteiger charge is 2.10. The third-order valence-electron chi connectivity index (χ3n) is 4.51. The average Bonchev–Trinajstić information content (AvgIpc) is 2.59. The summed E-state index contributed by atoms with van der Waals surface area (Å²) in [5, 5.41) is 3.46. The van der Waals surface area contributed by atoms with Gasteiger partial charge in [-0.05, 0) is 65.3 Å². The van der Waals surface area contributed by atoms with E-state index in [2.05, 4.69) is 77.9 Å². The van der Waals surface area contributed by atoms with E-state index in [-0.39, 0.29) is 0 Å². The molecule has 0 aliphatic carbocycles. The highest BCUT2D eigenvalue weighted by atomic mass is 15.2. The molecule has 0 aliphatic heterocycles. The van der Waals surface area contributed by atoms with Crippen LogP contribution in [0.15, 0.2) is 24.3 Å². The minimum Gasteiger partial charge on any atom is -0.372 e. The zero-order valence-corrected chi connectivity index (χ0v) is 16.4. The van der Waals surface area contributed by atoms with E-state index in [4.69, 9.17) is 0 Å². The van der Waals surface area contributed by atoms with Crippen LogP contribution in [0.4, 0.5) is 23.0 Å². The maximum absolute atomic E-state index is 4.57. The lowest BCUT2D eigenvalue weighted by atomic mass is 10.1. The van der Waals surface area contributed by atoms with Crippen molar-refractivity contribution in [2.24, 2.45) is 0 Å². The fourth-order valence-corrected chi connectivity index (χ4v) is 3.04. The van der Waals surface area contributed by atoms with Crippen molar-refractivity contribution in [3.8, 4) is 0 Å². The molecule has 0 unspecified atom stereocenters. The van der Waals surface area contributed by atoms with Gasteiger partial charge in [-0.25, -0.2) is 9.97 Å². The molecule has 0 saturated heterocycles. The minimum absolute atomic E-state index is 0.782. The molecule has 0 spiro atoms. The quantitative estimate of drug-likeness (QED) is 0.764. The number of anilines is 4. The molecule has 1 heterocycles. The summed E-state index contributed by atoms with van der Waals surface area (Å²) in [6.07, 6.45) is 0. The largest absolute Gasteiger partial charge is 0.372 e. The molecule has 0 aliphatic rings. The summed E-state index contributed by atoms with van der Waals surface area (Å²) >= 11 is 0. The first kappa shape index (κ1) is 19.0.